The van der Waals surface area contributed by atoms with Crippen LogP contribution in [-0.2, 0) is 9.47 Å². The van der Waals surface area contributed by atoms with Crippen LogP contribution in [0, 0.1) is 5.92 Å². The van der Waals surface area contributed by atoms with Crippen LogP contribution in [0.25, 0.3) is 0 Å². The third-order valence-corrected chi connectivity index (χ3v) is 3.82. The van der Waals surface area contributed by atoms with Crippen LogP contribution in [0.1, 0.15) is 45.4 Å². The van der Waals surface area contributed by atoms with E-state index in [0.29, 0.717) is 0 Å². The second kappa shape index (κ2) is 5.99. The zero-order valence-corrected chi connectivity index (χ0v) is 10.2. The summed E-state index contributed by atoms with van der Waals surface area (Å²) in [5.74, 6) is 0.903. The van der Waals surface area contributed by atoms with Crippen molar-refractivity contribution in [3.63, 3.8) is 0 Å². The van der Waals surface area contributed by atoms with Gasteiger partial charge in [0, 0.05) is 19.6 Å². The molecule has 0 radical (unpaired) electrons. The topological polar surface area (TPSA) is 38.7 Å². The molecule has 3 unspecified atom stereocenters. The van der Waals surface area contributed by atoms with Gasteiger partial charge < -0.3 is 14.6 Å². The number of aliphatic hydroxyl groups excluding tert-OH is 1. The summed E-state index contributed by atoms with van der Waals surface area (Å²) in [6.45, 7) is 3.65. The molecule has 2 aliphatic carbocycles. The van der Waals surface area contributed by atoms with Gasteiger partial charge in [0.25, 0.3) is 0 Å². The van der Waals surface area contributed by atoms with Gasteiger partial charge in [0.05, 0.1) is 12.2 Å². The minimum Gasteiger partial charge on any atom is -0.390 e. The molecular formula is C13H24O3. The molecule has 0 spiro atoms. The fourth-order valence-electron chi connectivity index (χ4n) is 2.36. The van der Waals surface area contributed by atoms with Crippen LogP contribution in [0.5, 0.6) is 0 Å². The van der Waals surface area contributed by atoms with E-state index in [1.54, 1.807) is 0 Å². The van der Waals surface area contributed by atoms with Crippen molar-refractivity contribution in [3.8, 4) is 0 Å². The first kappa shape index (κ1) is 12.3. The number of ether oxygens (including phenoxy) is 2. The van der Waals surface area contributed by atoms with E-state index in [4.69, 9.17) is 9.47 Å². The molecule has 16 heavy (non-hydrogen) atoms. The fourth-order valence-corrected chi connectivity index (χ4v) is 2.36. The average Bonchev–Trinajstić information content (AvgIpc) is 2.20. The Kier molecular flexibility index (Phi) is 4.62. The van der Waals surface area contributed by atoms with E-state index >= 15 is 0 Å². The van der Waals surface area contributed by atoms with Crippen LogP contribution < -0.4 is 0 Å². The summed E-state index contributed by atoms with van der Waals surface area (Å²) in [6.07, 6.45) is 6.86. The molecule has 94 valence electrons. The van der Waals surface area contributed by atoms with Gasteiger partial charge in [0.15, 0.2) is 0 Å². The summed E-state index contributed by atoms with van der Waals surface area (Å²) >= 11 is 0. The van der Waals surface area contributed by atoms with Gasteiger partial charge in [0.2, 0.25) is 0 Å². The van der Waals surface area contributed by atoms with Crippen LogP contribution in [0.15, 0.2) is 0 Å². The van der Waals surface area contributed by atoms with E-state index in [9.17, 15) is 5.11 Å². The molecule has 0 aliphatic heterocycles. The maximum absolute atomic E-state index is 9.57. The highest BCUT2D eigenvalue weighted by Gasteiger charge is 2.41. The highest BCUT2D eigenvalue weighted by Crippen LogP contribution is 2.31. The Morgan fingerprint density at radius 1 is 1.19 bits per heavy atom. The maximum atomic E-state index is 9.57. The van der Waals surface area contributed by atoms with Gasteiger partial charge in [-0.05, 0) is 18.8 Å². The number of aliphatic hydroxyl groups is 1. The Morgan fingerprint density at radius 2 is 2.00 bits per heavy atom. The predicted octanol–water partition coefficient (Wildman–Crippen LogP) is 2.12. The van der Waals surface area contributed by atoms with Crippen molar-refractivity contribution in [1.29, 1.82) is 0 Å². The lowest BCUT2D eigenvalue weighted by Gasteiger charge is -2.41. The highest BCUT2D eigenvalue weighted by atomic mass is 16.6. The van der Waals surface area contributed by atoms with Crippen molar-refractivity contribution in [1.82, 2.24) is 0 Å². The summed E-state index contributed by atoms with van der Waals surface area (Å²) in [5, 5.41) is 9.57. The molecule has 3 heteroatoms. The third-order valence-electron chi connectivity index (χ3n) is 3.82. The molecular weight excluding hydrogens is 204 g/mol. The molecule has 0 bridgehead atoms. The second-order valence-corrected chi connectivity index (χ2v) is 5.13. The average molecular weight is 228 g/mol. The van der Waals surface area contributed by atoms with Crippen LogP contribution in [0.4, 0.5) is 0 Å². The Morgan fingerprint density at radius 3 is 2.56 bits per heavy atom. The van der Waals surface area contributed by atoms with E-state index in [1.165, 1.54) is 25.7 Å². The van der Waals surface area contributed by atoms with Crippen molar-refractivity contribution >= 4 is 0 Å². The van der Waals surface area contributed by atoms with E-state index in [2.05, 4.69) is 6.92 Å². The van der Waals surface area contributed by atoms with Gasteiger partial charge in [-0.15, -0.1) is 0 Å². The van der Waals surface area contributed by atoms with Gasteiger partial charge in [-0.25, -0.2) is 0 Å². The van der Waals surface area contributed by atoms with E-state index in [1.807, 2.05) is 0 Å². The van der Waals surface area contributed by atoms with Crippen molar-refractivity contribution in [2.75, 3.05) is 13.2 Å². The molecule has 3 atom stereocenters. The van der Waals surface area contributed by atoms with Crippen LogP contribution in [0.3, 0.4) is 0 Å². The van der Waals surface area contributed by atoms with Gasteiger partial charge >= 0.3 is 0 Å². The lowest BCUT2D eigenvalue weighted by Crippen LogP contribution is -2.53. The Labute approximate surface area is 98.1 Å². The maximum Gasteiger partial charge on any atom is 0.110 e. The number of hydrogen-bond acceptors (Lipinski definition) is 3. The van der Waals surface area contributed by atoms with Crippen molar-refractivity contribution < 1.29 is 14.6 Å². The van der Waals surface area contributed by atoms with E-state index < -0.39 is 0 Å². The van der Waals surface area contributed by atoms with Crippen LogP contribution >= 0.6 is 0 Å². The molecule has 2 aliphatic rings. The summed E-state index contributed by atoms with van der Waals surface area (Å²) in [4.78, 5) is 0. The standard InChI is InChI=1S/C13H24O3/c1-2-7-16-13-11(14)9-12(13)15-8-6-10-4-3-5-10/h10-14H,2-9H2,1H3. The smallest absolute Gasteiger partial charge is 0.110 e. The van der Waals surface area contributed by atoms with E-state index in [0.717, 1.165) is 32.0 Å². The van der Waals surface area contributed by atoms with Crippen LogP contribution in [-0.4, -0.2) is 36.6 Å². The zero-order valence-electron chi connectivity index (χ0n) is 10.2. The molecule has 0 heterocycles. The minimum absolute atomic E-state index is 0.0682. The first-order chi connectivity index (χ1) is 7.81. The summed E-state index contributed by atoms with van der Waals surface area (Å²) in [6, 6.07) is 0. The normalized spacial score (nSPS) is 34.5. The van der Waals surface area contributed by atoms with Gasteiger partial charge in [-0.1, -0.05) is 26.2 Å². The largest absolute Gasteiger partial charge is 0.390 e. The van der Waals surface area contributed by atoms with Crippen LogP contribution in [0.2, 0.25) is 0 Å². The molecule has 3 nitrogen and oxygen atoms in total. The first-order valence-electron chi connectivity index (χ1n) is 6.72. The molecule has 0 aromatic rings. The summed E-state index contributed by atoms with van der Waals surface area (Å²) < 4.78 is 11.4. The zero-order chi connectivity index (χ0) is 11.4. The molecule has 0 aromatic carbocycles. The molecule has 2 saturated carbocycles. The summed E-state index contributed by atoms with van der Waals surface area (Å²) in [7, 11) is 0. The predicted molar refractivity (Wildman–Crippen MR) is 62.4 cm³/mol. The molecule has 2 rings (SSSR count). The quantitative estimate of drug-likeness (QED) is 0.725. The second-order valence-electron chi connectivity index (χ2n) is 5.13. The van der Waals surface area contributed by atoms with Crippen molar-refractivity contribution in [2.45, 2.75) is 63.8 Å². The highest BCUT2D eigenvalue weighted by molar-refractivity contribution is 4.92. The van der Waals surface area contributed by atoms with Gasteiger partial charge in [-0.3, -0.25) is 0 Å². The molecule has 0 amide bonds. The molecule has 0 aromatic heterocycles. The monoisotopic (exact) mass is 228 g/mol. The van der Waals surface area contributed by atoms with Crippen molar-refractivity contribution in [3.05, 3.63) is 0 Å². The Bertz CT molecular complexity index is 203. The molecule has 0 saturated heterocycles. The van der Waals surface area contributed by atoms with E-state index in [-0.39, 0.29) is 18.3 Å². The lowest BCUT2D eigenvalue weighted by molar-refractivity contribution is -0.193. The SMILES string of the molecule is CCCOC1C(O)CC1OCCC1CCC1. The molecule has 1 N–H and O–H groups in total. The summed E-state index contributed by atoms with van der Waals surface area (Å²) in [5.41, 5.74) is 0. The van der Waals surface area contributed by atoms with Crippen molar-refractivity contribution in [2.24, 2.45) is 5.92 Å². The van der Waals surface area contributed by atoms with Gasteiger partial charge in [0.1, 0.15) is 6.10 Å². The Balaban J connectivity index is 1.57. The third kappa shape index (κ3) is 2.96. The van der Waals surface area contributed by atoms with Gasteiger partial charge in [-0.2, -0.15) is 0 Å². The lowest BCUT2D eigenvalue weighted by atomic mass is 9.83. The number of rotatable bonds is 7. The number of hydrogen-bond donors (Lipinski definition) is 1. The molecule has 2 fully saturated rings. The Hall–Kier alpha value is -0.120. The first-order valence-corrected chi connectivity index (χ1v) is 6.72. The fraction of sp³-hybridized carbons (Fsp3) is 1.00. The minimum atomic E-state index is -0.305.